The second-order valence-corrected chi connectivity index (χ2v) is 5.83. The first-order valence-electron chi connectivity index (χ1n) is 7.18. The van der Waals surface area contributed by atoms with Gasteiger partial charge in [0, 0.05) is 19.5 Å². The topological polar surface area (TPSA) is 40.5 Å². The molecule has 3 atom stereocenters. The summed E-state index contributed by atoms with van der Waals surface area (Å²) in [5, 5.41) is 9.84. The fourth-order valence-electron chi connectivity index (χ4n) is 2.60. The van der Waals surface area contributed by atoms with E-state index in [1.54, 1.807) is 11.0 Å². The van der Waals surface area contributed by atoms with E-state index in [1.165, 1.54) is 12.1 Å². The van der Waals surface area contributed by atoms with Crippen LogP contribution in [0, 0.1) is 11.7 Å². The number of hydrogen-bond acceptors (Lipinski definition) is 2. The molecule has 0 bridgehead atoms. The van der Waals surface area contributed by atoms with Crippen LogP contribution in [0.2, 0.25) is 0 Å². The van der Waals surface area contributed by atoms with E-state index in [9.17, 15) is 14.3 Å². The minimum absolute atomic E-state index is 0.0188. The minimum atomic E-state index is -0.433. The molecule has 0 spiro atoms. The summed E-state index contributed by atoms with van der Waals surface area (Å²) in [4.78, 5) is 14.0. The molecule has 1 aliphatic rings. The molecule has 0 saturated carbocycles. The Morgan fingerprint density at radius 1 is 1.55 bits per heavy atom. The number of aliphatic hydroxyl groups is 1. The molecule has 3 nitrogen and oxygen atoms in total. The van der Waals surface area contributed by atoms with Gasteiger partial charge in [-0.3, -0.25) is 4.79 Å². The van der Waals surface area contributed by atoms with Crippen molar-refractivity contribution in [3.05, 3.63) is 35.6 Å². The van der Waals surface area contributed by atoms with Gasteiger partial charge in [0.1, 0.15) is 5.82 Å². The van der Waals surface area contributed by atoms with Crippen LogP contribution >= 0.6 is 0 Å². The van der Waals surface area contributed by atoms with Crippen LogP contribution < -0.4 is 0 Å². The van der Waals surface area contributed by atoms with Gasteiger partial charge in [0.25, 0.3) is 0 Å². The maximum absolute atomic E-state index is 13.2. The molecule has 1 N–H and O–H groups in total. The molecular formula is C16H22FNO2. The van der Waals surface area contributed by atoms with Crippen molar-refractivity contribution in [1.29, 1.82) is 0 Å². The third-order valence-corrected chi connectivity index (χ3v) is 4.17. The molecule has 4 heteroatoms. The smallest absolute Gasteiger partial charge is 0.223 e. The van der Waals surface area contributed by atoms with Crippen LogP contribution in [-0.2, 0) is 4.79 Å². The summed E-state index contributed by atoms with van der Waals surface area (Å²) >= 11 is 0. The first-order valence-corrected chi connectivity index (χ1v) is 7.18. The highest BCUT2D eigenvalue weighted by Gasteiger charge is 2.27. The zero-order chi connectivity index (χ0) is 14.7. The molecule has 1 heterocycles. The number of likely N-dealkylation sites (tertiary alicyclic amines) is 1. The average Bonchev–Trinajstić information content (AvgIpc) is 2.41. The monoisotopic (exact) mass is 279 g/mol. The Kier molecular flexibility index (Phi) is 4.76. The predicted molar refractivity (Wildman–Crippen MR) is 75.8 cm³/mol. The molecule has 110 valence electrons. The number of β-amino-alcohol motifs (C(OH)–C–C–N with tert-alkyl or cyclic N) is 1. The molecule has 20 heavy (non-hydrogen) atoms. The zero-order valence-electron chi connectivity index (χ0n) is 12.1. The van der Waals surface area contributed by atoms with Crippen molar-refractivity contribution in [3.63, 3.8) is 0 Å². The minimum Gasteiger partial charge on any atom is -0.391 e. The number of hydrogen-bond donors (Lipinski definition) is 1. The molecule has 1 aromatic carbocycles. The lowest BCUT2D eigenvalue weighted by molar-refractivity contribution is -0.135. The van der Waals surface area contributed by atoms with Gasteiger partial charge >= 0.3 is 0 Å². The summed E-state index contributed by atoms with van der Waals surface area (Å²) in [6.07, 6.45) is 0.753. The molecular weight excluding hydrogens is 257 g/mol. The highest BCUT2D eigenvalue weighted by molar-refractivity contribution is 5.77. The molecule has 3 unspecified atom stereocenters. The van der Waals surface area contributed by atoms with Gasteiger partial charge in [-0.15, -0.1) is 0 Å². The lowest BCUT2D eigenvalue weighted by atomic mass is 9.93. The summed E-state index contributed by atoms with van der Waals surface area (Å²) in [5.74, 6) is -0.00823. The molecule has 0 radical (unpaired) electrons. The summed E-state index contributed by atoms with van der Waals surface area (Å²) in [7, 11) is 0. The van der Waals surface area contributed by atoms with Crippen LogP contribution in [0.5, 0.6) is 0 Å². The van der Waals surface area contributed by atoms with E-state index >= 15 is 0 Å². The van der Waals surface area contributed by atoms with Crippen LogP contribution in [0.4, 0.5) is 4.39 Å². The predicted octanol–water partition coefficient (Wildman–Crippen LogP) is 2.55. The SMILES string of the molecule is CC(CC(=O)N1CCC(C)C(O)C1)c1cccc(F)c1. The average molecular weight is 279 g/mol. The maximum Gasteiger partial charge on any atom is 0.223 e. The third-order valence-electron chi connectivity index (χ3n) is 4.17. The Morgan fingerprint density at radius 3 is 2.95 bits per heavy atom. The largest absolute Gasteiger partial charge is 0.391 e. The zero-order valence-corrected chi connectivity index (χ0v) is 12.1. The molecule has 0 aliphatic carbocycles. The Balaban J connectivity index is 1.94. The van der Waals surface area contributed by atoms with Crippen molar-refractivity contribution in [2.24, 2.45) is 5.92 Å². The van der Waals surface area contributed by atoms with Crippen molar-refractivity contribution >= 4 is 5.91 Å². The quantitative estimate of drug-likeness (QED) is 0.923. The molecule has 1 saturated heterocycles. The number of carbonyl (C=O) groups is 1. The highest BCUT2D eigenvalue weighted by atomic mass is 19.1. The van der Waals surface area contributed by atoms with Crippen LogP contribution in [0.1, 0.15) is 38.2 Å². The van der Waals surface area contributed by atoms with Crippen LogP contribution in [-0.4, -0.2) is 35.1 Å². The van der Waals surface area contributed by atoms with Gasteiger partial charge in [-0.2, -0.15) is 0 Å². The standard InChI is InChI=1S/C16H22FNO2/c1-11-6-7-18(10-15(11)19)16(20)8-12(2)13-4-3-5-14(17)9-13/h3-5,9,11-12,15,19H,6-8,10H2,1-2H3. The van der Waals surface area contributed by atoms with Crippen molar-refractivity contribution in [2.45, 2.75) is 38.7 Å². The number of aliphatic hydroxyl groups excluding tert-OH is 1. The summed E-state index contributed by atoms with van der Waals surface area (Å²) < 4.78 is 13.2. The highest BCUT2D eigenvalue weighted by Crippen LogP contribution is 2.23. The number of rotatable bonds is 3. The van der Waals surface area contributed by atoms with Gasteiger partial charge in [0.15, 0.2) is 0 Å². The van der Waals surface area contributed by atoms with Crippen molar-refractivity contribution in [3.8, 4) is 0 Å². The molecule has 1 amide bonds. The molecule has 1 fully saturated rings. The number of piperidine rings is 1. The van der Waals surface area contributed by atoms with Gasteiger partial charge in [-0.1, -0.05) is 26.0 Å². The number of benzene rings is 1. The second-order valence-electron chi connectivity index (χ2n) is 5.83. The molecule has 1 aliphatic heterocycles. The number of carbonyl (C=O) groups excluding carboxylic acids is 1. The lowest BCUT2D eigenvalue weighted by Crippen LogP contribution is -2.46. The summed E-state index contributed by atoms with van der Waals surface area (Å²) in [5.41, 5.74) is 0.837. The number of nitrogens with zero attached hydrogens (tertiary/aromatic N) is 1. The van der Waals surface area contributed by atoms with E-state index in [0.717, 1.165) is 12.0 Å². The number of halogens is 1. The molecule has 0 aromatic heterocycles. The molecule has 2 rings (SSSR count). The second kappa shape index (κ2) is 6.35. The van der Waals surface area contributed by atoms with Crippen LogP contribution in [0.25, 0.3) is 0 Å². The van der Waals surface area contributed by atoms with E-state index in [2.05, 4.69) is 0 Å². The van der Waals surface area contributed by atoms with E-state index in [1.807, 2.05) is 19.9 Å². The fraction of sp³-hybridized carbons (Fsp3) is 0.562. The normalized spacial score (nSPS) is 24.5. The van der Waals surface area contributed by atoms with E-state index in [0.29, 0.717) is 19.5 Å². The van der Waals surface area contributed by atoms with Gasteiger partial charge in [-0.05, 0) is 36.0 Å². The Hall–Kier alpha value is -1.42. The Labute approximate surface area is 119 Å². The first-order chi connectivity index (χ1) is 9.47. The van der Waals surface area contributed by atoms with Gasteiger partial charge in [0.05, 0.1) is 6.10 Å². The van der Waals surface area contributed by atoms with Crippen molar-refractivity contribution in [1.82, 2.24) is 4.90 Å². The van der Waals surface area contributed by atoms with E-state index in [-0.39, 0.29) is 23.6 Å². The van der Waals surface area contributed by atoms with Crippen LogP contribution in [0.3, 0.4) is 0 Å². The van der Waals surface area contributed by atoms with Crippen molar-refractivity contribution < 1.29 is 14.3 Å². The van der Waals surface area contributed by atoms with Crippen LogP contribution in [0.15, 0.2) is 24.3 Å². The summed E-state index contributed by atoms with van der Waals surface area (Å²) in [6.45, 7) is 5.04. The fourth-order valence-corrected chi connectivity index (χ4v) is 2.60. The number of amides is 1. The maximum atomic E-state index is 13.2. The first kappa shape index (κ1) is 15.0. The lowest BCUT2D eigenvalue weighted by Gasteiger charge is -2.34. The molecule has 1 aromatic rings. The Morgan fingerprint density at radius 2 is 2.30 bits per heavy atom. The van der Waals surface area contributed by atoms with E-state index < -0.39 is 6.10 Å². The van der Waals surface area contributed by atoms with Gasteiger partial charge < -0.3 is 10.0 Å². The van der Waals surface area contributed by atoms with Gasteiger partial charge in [0.2, 0.25) is 5.91 Å². The third kappa shape index (κ3) is 3.57. The van der Waals surface area contributed by atoms with Gasteiger partial charge in [-0.25, -0.2) is 4.39 Å². The van der Waals surface area contributed by atoms with Crippen molar-refractivity contribution in [2.75, 3.05) is 13.1 Å². The summed E-state index contributed by atoms with van der Waals surface area (Å²) in [6, 6.07) is 6.39. The van der Waals surface area contributed by atoms with E-state index in [4.69, 9.17) is 0 Å². The Bertz CT molecular complexity index is 477.